The van der Waals surface area contributed by atoms with Crippen molar-refractivity contribution in [3.8, 4) is 23.3 Å². The van der Waals surface area contributed by atoms with Gasteiger partial charge in [-0.15, -0.1) is 0 Å². The summed E-state index contributed by atoms with van der Waals surface area (Å²) >= 11 is 0. The fourth-order valence-electron chi connectivity index (χ4n) is 2.86. The number of nitrogens with zero attached hydrogens (tertiary/aromatic N) is 3. The van der Waals surface area contributed by atoms with Crippen LogP contribution in [-0.2, 0) is 14.3 Å². The maximum Gasteiger partial charge on any atom is 0.284 e. The van der Waals surface area contributed by atoms with Crippen molar-refractivity contribution in [1.82, 2.24) is 15.4 Å². The van der Waals surface area contributed by atoms with Crippen LogP contribution >= 0.6 is 0 Å². The Hall–Kier alpha value is -3.33. The predicted molar refractivity (Wildman–Crippen MR) is 106 cm³/mol. The van der Waals surface area contributed by atoms with E-state index in [4.69, 9.17) is 30.0 Å². The maximum atomic E-state index is 12.7. The number of benzene rings is 1. The summed E-state index contributed by atoms with van der Waals surface area (Å²) in [5, 5.41) is 9.08. The van der Waals surface area contributed by atoms with Crippen LogP contribution in [0, 0.1) is 11.3 Å². The first-order valence-corrected chi connectivity index (χ1v) is 9.43. The summed E-state index contributed by atoms with van der Waals surface area (Å²) in [4.78, 5) is 26.1. The molecule has 31 heavy (non-hydrogen) atoms. The lowest BCUT2D eigenvalue weighted by Gasteiger charge is -2.17. The fraction of sp³-hybridized carbons (Fsp3) is 0.400. The molecule has 3 rings (SSSR count). The maximum absolute atomic E-state index is 12.7. The first kappa shape index (κ1) is 22.4. The molecule has 1 atom stereocenters. The molecule has 1 saturated heterocycles. The number of carbonyl (C=O) groups is 1. The van der Waals surface area contributed by atoms with Gasteiger partial charge in [0.2, 0.25) is 5.88 Å². The van der Waals surface area contributed by atoms with Crippen LogP contribution in [0.1, 0.15) is 29.8 Å². The molecule has 0 spiro atoms. The number of rotatable bonds is 8. The first-order valence-electron chi connectivity index (χ1n) is 9.43. The van der Waals surface area contributed by atoms with Gasteiger partial charge in [0.1, 0.15) is 37.4 Å². The largest absolute Gasteiger partial charge is 0.474 e. The van der Waals surface area contributed by atoms with E-state index >= 15 is 0 Å². The van der Waals surface area contributed by atoms with Gasteiger partial charge in [0.05, 0.1) is 18.2 Å². The summed E-state index contributed by atoms with van der Waals surface area (Å²) in [5.74, 6) is -1.75. The summed E-state index contributed by atoms with van der Waals surface area (Å²) in [7, 11) is 0. The molecule has 1 aromatic heterocycles. The average molecular weight is 431 g/mol. The number of hydrogen-bond acceptors (Lipinski definition) is 9. The van der Waals surface area contributed by atoms with Crippen LogP contribution in [0.4, 0.5) is 10.2 Å². The van der Waals surface area contributed by atoms with E-state index in [9.17, 15) is 9.18 Å². The lowest BCUT2D eigenvalue weighted by atomic mass is 10.1. The number of alkyl halides is 1. The van der Waals surface area contributed by atoms with Crippen molar-refractivity contribution in [2.75, 3.05) is 32.2 Å². The van der Waals surface area contributed by atoms with E-state index < -0.39 is 18.4 Å². The standard InChI is InChI=1S/C20H22FN5O5/c1-20(2)29-10-14(31-20)11-30-26-18(27)15-16(23)24-17(25-19(15)28-7-6-21)13-5-3-4-12(8-13)9-22/h3-5,8,14H,6-7,10-11H2,1-2H3,(H,26,27)(H2,23,24,25). The van der Waals surface area contributed by atoms with E-state index in [-0.39, 0.29) is 42.4 Å². The lowest BCUT2D eigenvalue weighted by Crippen LogP contribution is -2.31. The Morgan fingerprint density at radius 1 is 1.45 bits per heavy atom. The van der Waals surface area contributed by atoms with Crippen LogP contribution in [0.5, 0.6) is 5.88 Å². The zero-order valence-electron chi connectivity index (χ0n) is 17.1. The minimum absolute atomic E-state index is 0.0373. The van der Waals surface area contributed by atoms with E-state index in [1.165, 1.54) is 0 Å². The SMILES string of the molecule is CC1(C)OCC(CONC(=O)c2c(N)nc(-c3cccc(C#N)c3)nc2OCCF)O1. The van der Waals surface area contributed by atoms with Gasteiger partial charge in [-0.25, -0.2) is 14.9 Å². The number of ether oxygens (including phenoxy) is 3. The number of nitrogen functional groups attached to an aromatic ring is 1. The van der Waals surface area contributed by atoms with Gasteiger partial charge in [-0.1, -0.05) is 12.1 Å². The number of nitrogens with two attached hydrogens (primary N) is 1. The third-order valence-electron chi connectivity index (χ3n) is 4.20. The molecule has 164 valence electrons. The Kier molecular flexibility index (Phi) is 6.96. The molecule has 1 aliphatic rings. The molecular weight excluding hydrogens is 409 g/mol. The predicted octanol–water partition coefficient (Wildman–Crippen LogP) is 1.76. The van der Waals surface area contributed by atoms with Crippen molar-refractivity contribution in [2.24, 2.45) is 0 Å². The van der Waals surface area contributed by atoms with E-state index in [1.807, 2.05) is 6.07 Å². The second kappa shape index (κ2) is 9.65. The van der Waals surface area contributed by atoms with Crippen molar-refractivity contribution in [3.05, 3.63) is 35.4 Å². The molecule has 2 aromatic rings. The Bertz CT molecular complexity index is 994. The van der Waals surface area contributed by atoms with Gasteiger partial charge in [-0.2, -0.15) is 10.2 Å². The number of nitriles is 1. The van der Waals surface area contributed by atoms with Crippen LogP contribution < -0.4 is 16.0 Å². The van der Waals surface area contributed by atoms with Crippen molar-refractivity contribution in [1.29, 1.82) is 5.26 Å². The van der Waals surface area contributed by atoms with Crippen molar-refractivity contribution in [3.63, 3.8) is 0 Å². The quantitative estimate of drug-likeness (QED) is 0.598. The second-order valence-electron chi connectivity index (χ2n) is 7.04. The normalized spacial score (nSPS) is 17.2. The lowest BCUT2D eigenvalue weighted by molar-refractivity contribution is -0.147. The molecule has 1 aliphatic heterocycles. The number of carbonyl (C=O) groups excluding carboxylic acids is 1. The number of amides is 1. The highest BCUT2D eigenvalue weighted by Crippen LogP contribution is 2.27. The van der Waals surface area contributed by atoms with E-state index in [2.05, 4.69) is 15.4 Å². The fourth-order valence-corrected chi connectivity index (χ4v) is 2.86. The minimum Gasteiger partial charge on any atom is -0.474 e. The minimum atomic E-state index is -0.796. The monoisotopic (exact) mass is 431 g/mol. The number of halogens is 1. The Balaban J connectivity index is 1.78. The zero-order valence-corrected chi connectivity index (χ0v) is 17.1. The molecular formula is C20H22FN5O5. The summed E-state index contributed by atoms with van der Waals surface area (Å²) < 4.78 is 29.0. The molecule has 11 heteroatoms. The number of hydrogen-bond donors (Lipinski definition) is 2. The number of nitrogens with one attached hydrogen (secondary N) is 1. The Morgan fingerprint density at radius 2 is 2.26 bits per heavy atom. The van der Waals surface area contributed by atoms with Gasteiger partial charge in [0, 0.05) is 5.56 Å². The first-order chi connectivity index (χ1) is 14.8. The Morgan fingerprint density at radius 3 is 2.94 bits per heavy atom. The van der Waals surface area contributed by atoms with Gasteiger partial charge >= 0.3 is 0 Å². The second-order valence-corrected chi connectivity index (χ2v) is 7.04. The molecule has 1 fully saturated rings. The summed E-state index contributed by atoms with van der Waals surface area (Å²) in [6, 6.07) is 8.51. The zero-order chi connectivity index (χ0) is 22.4. The third kappa shape index (κ3) is 5.64. The van der Waals surface area contributed by atoms with E-state index in [0.717, 1.165) is 0 Å². The van der Waals surface area contributed by atoms with Gasteiger partial charge in [-0.3, -0.25) is 9.63 Å². The van der Waals surface area contributed by atoms with Crippen molar-refractivity contribution < 1.29 is 28.2 Å². The van der Waals surface area contributed by atoms with E-state index in [0.29, 0.717) is 17.7 Å². The number of anilines is 1. The summed E-state index contributed by atoms with van der Waals surface area (Å²) in [6.45, 7) is 2.76. The van der Waals surface area contributed by atoms with Crippen LogP contribution in [0.25, 0.3) is 11.4 Å². The average Bonchev–Trinajstić information content (AvgIpc) is 3.10. The summed E-state index contributed by atoms with van der Waals surface area (Å²) in [5.41, 5.74) is 8.90. The number of hydroxylamine groups is 1. The molecule has 1 aromatic carbocycles. The number of aromatic nitrogens is 2. The molecule has 3 N–H and O–H groups in total. The Labute approximate surface area is 178 Å². The van der Waals surface area contributed by atoms with Gasteiger partial charge in [-0.05, 0) is 26.0 Å². The van der Waals surface area contributed by atoms with Crippen LogP contribution in [0.15, 0.2) is 24.3 Å². The molecule has 0 radical (unpaired) electrons. The highest BCUT2D eigenvalue weighted by atomic mass is 19.1. The topological polar surface area (TPSA) is 142 Å². The van der Waals surface area contributed by atoms with Crippen molar-refractivity contribution in [2.45, 2.75) is 25.7 Å². The van der Waals surface area contributed by atoms with Crippen LogP contribution in [0.2, 0.25) is 0 Å². The highest BCUT2D eigenvalue weighted by Gasteiger charge is 2.33. The molecule has 1 amide bonds. The summed E-state index contributed by atoms with van der Waals surface area (Å²) in [6.07, 6.45) is -0.360. The van der Waals surface area contributed by atoms with Crippen molar-refractivity contribution >= 4 is 11.7 Å². The van der Waals surface area contributed by atoms with Gasteiger partial charge in [0.25, 0.3) is 5.91 Å². The molecule has 1 unspecified atom stereocenters. The van der Waals surface area contributed by atoms with Crippen LogP contribution in [-0.4, -0.2) is 54.3 Å². The molecule has 0 saturated carbocycles. The molecule has 2 heterocycles. The van der Waals surface area contributed by atoms with E-state index in [1.54, 1.807) is 38.1 Å². The van der Waals surface area contributed by atoms with Crippen LogP contribution in [0.3, 0.4) is 0 Å². The molecule has 10 nitrogen and oxygen atoms in total. The third-order valence-corrected chi connectivity index (χ3v) is 4.20. The van der Waals surface area contributed by atoms with Gasteiger partial charge < -0.3 is 19.9 Å². The smallest absolute Gasteiger partial charge is 0.284 e. The van der Waals surface area contributed by atoms with Gasteiger partial charge in [0.15, 0.2) is 11.6 Å². The molecule has 0 bridgehead atoms. The highest BCUT2D eigenvalue weighted by molar-refractivity contribution is 6.00. The molecule has 0 aliphatic carbocycles.